The van der Waals surface area contributed by atoms with Gasteiger partial charge in [0, 0.05) is 17.5 Å². The first-order valence-electron chi connectivity index (χ1n) is 11.0. The Bertz CT molecular complexity index is 1440. The predicted molar refractivity (Wildman–Crippen MR) is 129 cm³/mol. The Morgan fingerprint density at radius 2 is 1.69 bits per heavy atom. The van der Waals surface area contributed by atoms with E-state index in [1.165, 1.54) is 24.3 Å². The summed E-state index contributed by atoms with van der Waals surface area (Å²) in [6, 6.07) is 18.1. The Balaban J connectivity index is 1.46. The lowest BCUT2D eigenvalue weighted by molar-refractivity contribution is -0.308. The molecule has 0 radical (unpaired) electrons. The van der Waals surface area contributed by atoms with E-state index in [9.17, 15) is 24.6 Å². The second-order valence-electron chi connectivity index (χ2n) is 7.96. The molecule has 4 aromatic rings. The molecular weight excluding hydrogens is 466 g/mol. The molecule has 0 aliphatic heterocycles. The van der Waals surface area contributed by atoms with Gasteiger partial charge in [-0.15, -0.1) is 0 Å². The molecule has 0 saturated carbocycles. The van der Waals surface area contributed by atoms with E-state index < -0.39 is 30.2 Å². The Labute approximate surface area is 205 Å². The van der Waals surface area contributed by atoms with Gasteiger partial charge in [-0.3, -0.25) is 4.79 Å². The number of phenols is 1. The van der Waals surface area contributed by atoms with Gasteiger partial charge < -0.3 is 34.2 Å². The molecule has 9 heteroatoms. The quantitative estimate of drug-likeness (QED) is 0.341. The molecule has 0 unspecified atom stereocenters. The lowest BCUT2D eigenvalue weighted by Gasteiger charge is -2.20. The van der Waals surface area contributed by atoms with Crippen LogP contribution >= 0.6 is 0 Å². The van der Waals surface area contributed by atoms with E-state index in [1.807, 2.05) is 12.1 Å². The van der Waals surface area contributed by atoms with Crippen LogP contribution in [0, 0.1) is 0 Å². The van der Waals surface area contributed by atoms with Crippen LogP contribution < -0.4 is 25.5 Å². The summed E-state index contributed by atoms with van der Waals surface area (Å²) in [6.07, 6.45) is -0.0242. The van der Waals surface area contributed by atoms with Crippen LogP contribution in [-0.4, -0.2) is 36.7 Å². The van der Waals surface area contributed by atoms with Crippen molar-refractivity contribution >= 4 is 22.8 Å². The van der Waals surface area contributed by atoms with Crippen LogP contribution in [0.5, 0.6) is 17.2 Å². The van der Waals surface area contributed by atoms with Gasteiger partial charge >= 0.3 is 5.63 Å². The number of hydrogen-bond donors (Lipinski definition) is 2. The number of benzene rings is 3. The summed E-state index contributed by atoms with van der Waals surface area (Å²) in [7, 11) is 1.57. The molecule has 1 amide bonds. The van der Waals surface area contributed by atoms with Crippen molar-refractivity contribution < 1.29 is 33.7 Å². The Morgan fingerprint density at radius 1 is 1.00 bits per heavy atom. The molecule has 36 heavy (non-hydrogen) atoms. The van der Waals surface area contributed by atoms with Gasteiger partial charge in [0.15, 0.2) is 6.61 Å². The highest BCUT2D eigenvalue weighted by molar-refractivity contribution is 5.94. The van der Waals surface area contributed by atoms with Crippen molar-refractivity contribution in [2.75, 3.05) is 13.7 Å². The number of carboxylic acids is 1. The summed E-state index contributed by atoms with van der Waals surface area (Å²) < 4.78 is 16.0. The van der Waals surface area contributed by atoms with Gasteiger partial charge in [-0.25, -0.2) is 4.79 Å². The van der Waals surface area contributed by atoms with Crippen LogP contribution in [0.25, 0.3) is 22.1 Å². The summed E-state index contributed by atoms with van der Waals surface area (Å²) in [5.74, 6) is -1.13. The number of phenolic OH excluding ortho intramolecular Hbond substituents is 1. The molecule has 4 rings (SSSR count). The second kappa shape index (κ2) is 10.6. The van der Waals surface area contributed by atoms with Crippen molar-refractivity contribution in [3.05, 3.63) is 88.8 Å². The molecule has 3 aromatic carbocycles. The number of aromatic hydroxyl groups is 1. The van der Waals surface area contributed by atoms with E-state index >= 15 is 0 Å². The Morgan fingerprint density at radius 3 is 2.36 bits per heavy atom. The first kappa shape index (κ1) is 24.3. The van der Waals surface area contributed by atoms with Crippen molar-refractivity contribution in [2.24, 2.45) is 0 Å². The maximum absolute atomic E-state index is 12.3. The number of carbonyl (C=O) groups excluding carboxylic acids is 2. The third kappa shape index (κ3) is 5.82. The van der Waals surface area contributed by atoms with E-state index in [1.54, 1.807) is 43.5 Å². The number of rotatable bonds is 9. The number of nitrogens with one attached hydrogen (secondary N) is 1. The number of methoxy groups -OCH3 is 1. The third-order valence-corrected chi connectivity index (χ3v) is 5.48. The SMILES string of the molecule is COc1ccc(-c2cc(=O)oc3cc(OCC(=O)N[C@@H](Cc4ccc(O)cc4)C(=O)[O-])ccc23)cc1. The summed E-state index contributed by atoms with van der Waals surface area (Å²) in [4.78, 5) is 36.0. The Hall–Kier alpha value is -4.79. The first-order valence-corrected chi connectivity index (χ1v) is 11.0. The standard InChI is InChI=1S/C27H23NO8/c1-34-19-8-4-17(5-9-19)22-14-26(31)36-24-13-20(10-11-21(22)24)35-15-25(30)28-23(27(32)33)12-16-2-6-18(29)7-3-16/h2-11,13-14,23,29H,12,15H2,1H3,(H,28,30)(H,32,33)/p-1/t23-/m0/s1. The van der Waals surface area contributed by atoms with Crippen LogP contribution in [0.2, 0.25) is 0 Å². The number of ether oxygens (including phenoxy) is 2. The lowest BCUT2D eigenvalue weighted by Crippen LogP contribution is -2.50. The fourth-order valence-electron chi connectivity index (χ4n) is 3.69. The van der Waals surface area contributed by atoms with Crippen LogP contribution in [0.3, 0.4) is 0 Å². The molecule has 1 heterocycles. The summed E-state index contributed by atoms with van der Waals surface area (Å²) >= 11 is 0. The van der Waals surface area contributed by atoms with Crippen LogP contribution in [0.4, 0.5) is 0 Å². The number of carboxylic acid groups (broad SMARTS) is 1. The van der Waals surface area contributed by atoms with Gasteiger partial charge in [-0.1, -0.05) is 24.3 Å². The number of amides is 1. The van der Waals surface area contributed by atoms with E-state index in [0.717, 1.165) is 5.56 Å². The smallest absolute Gasteiger partial charge is 0.336 e. The van der Waals surface area contributed by atoms with Crippen molar-refractivity contribution in [1.82, 2.24) is 5.32 Å². The van der Waals surface area contributed by atoms with E-state index in [2.05, 4.69) is 5.32 Å². The number of hydrogen-bond acceptors (Lipinski definition) is 8. The van der Waals surface area contributed by atoms with Crippen molar-refractivity contribution in [3.63, 3.8) is 0 Å². The third-order valence-electron chi connectivity index (χ3n) is 5.48. The van der Waals surface area contributed by atoms with Crippen LogP contribution in [0.1, 0.15) is 5.56 Å². The minimum Gasteiger partial charge on any atom is -0.548 e. The molecular formula is C27H22NO8-. The van der Waals surface area contributed by atoms with Gasteiger partial charge in [-0.2, -0.15) is 0 Å². The van der Waals surface area contributed by atoms with Crippen molar-refractivity contribution in [2.45, 2.75) is 12.5 Å². The fourth-order valence-corrected chi connectivity index (χ4v) is 3.69. The monoisotopic (exact) mass is 488 g/mol. The number of aliphatic carboxylic acids is 1. The second-order valence-corrected chi connectivity index (χ2v) is 7.96. The molecule has 2 N–H and O–H groups in total. The minimum absolute atomic E-state index is 0.0242. The molecule has 0 aliphatic carbocycles. The highest BCUT2D eigenvalue weighted by atomic mass is 16.5. The van der Waals surface area contributed by atoms with Gasteiger partial charge in [0.2, 0.25) is 0 Å². The summed E-state index contributed by atoms with van der Waals surface area (Å²) in [5, 5.41) is 23.9. The minimum atomic E-state index is -1.45. The lowest BCUT2D eigenvalue weighted by atomic mass is 10.0. The first-order chi connectivity index (χ1) is 17.3. The predicted octanol–water partition coefficient (Wildman–Crippen LogP) is 2.03. The average Bonchev–Trinajstić information content (AvgIpc) is 2.87. The molecule has 1 aromatic heterocycles. The summed E-state index contributed by atoms with van der Waals surface area (Å²) in [6.45, 7) is -0.465. The zero-order chi connectivity index (χ0) is 25.7. The summed E-state index contributed by atoms with van der Waals surface area (Å²) in [5.41, 5.74) is 1.78. The molecule has 0 bridgehead atoms. The maximum Gasteiger partial charge on any atom is 0.336 e. The molecule has 0 fully saturated rings. The zero-order valence-corrected chi connectivity index (χ0v) is 19.2. The molecule has 1 atom stereocenters. The highest BCUT2D eigenvalue weighted by Gasteiger charge is 2.16. The van der Waals surface area contributed by atoms with E-state index in [-0.39, 0.29) is 23.5 Å². The topological polar surface area (TPSA) is 138 Å². The molecule has 184 valence electrons. The normalized spacial score (nSPS) is 11.6. The van der Waals surface area contributed by atoms with Gasteiger partial charge in [0.05, 0.1) is 19.1 Å². The van der Waals surface area contributed by atoms with Crippen LogP contribution in [-0.2, 0) is 16.0 Å². The maximum atomic E-state index is 12.3. The zero-order valence-electron chi connectivity index (χ0n) is 19.2. The van der Waals surface area contributed by atoms with Crippen molar-refractivity contribution in [3.8, 4) is 28.4 Å². The molecule has 0 saturated heterocycles. The average molecular weight is 488 g/mol. The Kier molecular flexibility index (Phi) is 7.20. The molecule has 9 nitrogen and oxygen atoms in total. The van der Waals surface area contributed by atoms with Gasteiger partial charge in [0.25, 0.3) is 5.91 Å². The highest BCUT2D eigenvalue weighted by Crippen LogP contribution is 2.30. The van der Waals surface area contributed by atoms with E-state index in [4.69, 9.17) is 13.9 Å². The van der Waals surface area contributed by atoms with Crippen LogP contribution in [0.15, 0.2) is 82.0 Å². The largest absolute Gasteiger partial charge is 0.548 e. The van der Waals surface area contributed by atoms with Gasteiger partial charge in [-0.05, 0) is 59.5 Å². The van der Waals surface area contributed by atoms with Gasteiger partial charge in [0.1, 0.15) is 22.8 Å². The number of carbonyl (C=O) groups is 2. The van der Waals surface area contributed by atoms with E-state index in [0.29, 0.717) is 22.3 Å². The molecule has 0 aliphatic rings. The van der Waals surface area contributed by atoms with Crippen molar-refractivity contribution in [1.29, 1.82) is 0 Å². The fraction of sp³-hybridized carbons (Fsp3) is 0.148. The molecule has 0 spiro atoms. The number of fused-ring (bicyclic) bond motifs is 1.